The first-order valence-corrected chi connectivity index (χ1v) is 10.7. The Morgan fingerprint density at radius 2 is 1.36 bits per heavy atom. The van der Waals surface area contributed by atoms with Gasteiger partial charge in [0.25, 0.3) is 0 Å². The SMILES string of the molecule is Brc1cccc(-c2cccc(-c3cccc4c3C=Nc3ccccc3S4)c2)c1. The van der Waals surface area contributed by atoms with Gasteiger partial charge in [0.2, 0.25) is 0 Å². The molecule has 28 heavy (non-hydrogen) atoms. The van der Waals surface area contributed by atoms with Gasteiger partial charge in [-0.3, -0.25) is 4.99 Å². The zero-order valence-electron chi connectivity index (χ0n) is 15.0. The number of nitrogens with zero attached hydrogens (tertiary/aromatic N) is 1. The minimum absolute atomic E-state index is 1.03. The fourth-order valence-electron chi connectivity index (χ4n) is 3.45. The molecule has 0 saturated heterocycles. The van der Waals surface area contributed by atoms with Crippen LogP contribution >= 0.6 is 27.7 Å². The summed E-state index contributed by atoms with van der Waals surface area (Å²) in [5.41, 5.74) is 7.02. The van der Waals surface area contributed by atoms with Gasteiger partial charge in [0, 0.05) is 26.0 Å². The van der Waals surface area contributed by atoms with Crippen LogP contribution in [0.25, 0.3) is 22.3 Å². The van der Waals surface area contributed by atoms with Crippen molar-refractivity contribution in [1.82, 2.24) is 0 Å². The summed E-state index contributed by atoms with van der Waals surface area (Å²) in [5, 5.41) is 0. The van der Waals surface area contributed by atoms with Gasteiger partial charge in [-0.25, -0.2) is 0 Å². The van der Waals surface area contributed by atoms with Crippen molar-refractivity contribution in [3.63, 3.8) is 0 Å². The van der Waals surface area contributed by atoms with Crippen molar-refractivity contribution in [2.45, 2.75) is 9.79 Å². The molecular weight excluding hydrogens is 426 g/mol. The van der Waals surface area contributed by atoms with Gasteiger partial charge >= 0.3 is 0 Å². The van der Waals surface area contributed by atoms with Gasteiger partial charge in [0.05, 0.1) is 5.69 Å². The number of benzene rings is 4. The summed E-state index contributed by atoms with van der Waals surface area (Å²) in [6, 6.07) is 31.9. The van der Waals surface area contributed by atoms with E-state index in [1.165, 1.54) is 37.6 Å². The first-order chi connectivity index (χ1) is 13.8. The standard InChI is InChI=1S/C25H16BrNS/c26-20-9-4-7-18(15-20)17-6-3-8-19(14-17)21-10-5-13-24-22(21)16-27-23-11-1-2-12-25(23)28-24/h1-16H. The van der Waals surface area contributed by atoms with Crippen molar-refractivity contribution in [2.24, 2.45) is 4.99 Å². The summed E-state index contributed by atoms with van der Waals surface area (Å²) in [4.78, 5) is 7.18. The third-order valence-electron chi connectivity index (χ3n) is 4.82. The highest BCUT2D eigenvalue weighted by Gasteiger charge is 2.15. The number of fused-ring (bicyclic) bond motifs is 2. The van der Waals surface area contributed by atoms with E-state index in [1.807, 2.05) is 12.3 Å². The summed E-state index contributed by atoms with van der Waals surface area (Å²) in [6.45, 7) is 0. The van der Waals surface area contributed by atoms with Gasteiger partial charge in [-0.05, 0) is 58.7 Å². The normalized spacial score (nSPS) is 12.2. The number of aliphatic imine (C=N–C) groups is 1. The lowest BCUT2D eigenvalue weighted by molar-refractivity contribution is 1.38. The van der Waals surface area contributed by atoms with E-state index >= 15 is 0 Å². The van der Waals surface area contributed by atoms with Crippen LogP contribution in [0.5, 0.6) is 0 Å². The van der Waals surface area contributed by atoms with Gasteiger partial charge in [-0.15, -0.1) is 0 Å². The Balaban J connectivity index is 1.62. The lowest BCUT2D eigenvalue weighted by Crippen LogP contribution is -1.91. The Hall–Kier alpha value is -2.62. The van der Waals surface area contributed by atoms with E-state index < -0.39 is 0 Å². The first-order valence-electron chi connectivity index (χ1n) is 9.08. The third-order valence-corrected chi connectivity index (χ3v) is 6.45. The number of hydrogen-bond donors (Lipinski definition) is 0. The Morgan fingerprint density at radius 1 is 0.643 bits per heavy atom. The van der Waals surface area contributed by atoms with Gasteiger partial charge in [0.1, 0.15) is 0 Å². The van der Waals surface area contributed by atoms with Crippen LogP contribution in [0.2, 0.25) is 0 Å². The molecule has 4 aromatic carbocycles. The number of rotatable bonds is 2. The summed E-state index contributed by atoms with van der Waals surface area (Å²) in [7, 11) is 0. The van der Waals surface area contributed by atoms with Crippen molar-refractivity contribution in [1.29, 1.82) is 0 Å². The molecule has 0 aliphatic carbocycles. The second-order valence-electron chi connectivity index (χ2n) is 6.64. The monoisotopic (exact) mass is 441 g/mol. The second-order valence-corrected chi connectivity index (χ2v) is 8.64. The van der Waals surface area contributed by atoms with E-state index in [9.17, 15) is 0 Å². The van der Waals surface area contributed by atoms with Crippen LogP contribution in [-0.2, 0) is 0 Å². The predicted molar refractivity (Wildman–Crippen MR) is 123 cm³/mol. The topological polar surface area (TPSA) is 12.4 Å². The first kappa shape index (κ1) is 17.5. The zero-order chi connectivity index (χ0) is 18.9. The van der Waals surface area contributed by atoms with Crippen LogP contribution in [0.3, 0.4) is 0 Å². The van der Waals surface area contributed by atoms with Crippen molar-refractivity contribution in [3.8, 4) is 22.3 Å². The van der Waals surface area contributed by atoms with Crippen LogP contribution in [0.4, 0.5) is 5.69 Å². The molecule has 0 saturated carbocycles. The highest BCUT2D eigenvalue weighted by molar-refractivity contribution is 9.10. The molecule has 0 N–H and O–H groups in total. The molecule has 1 nitrogen and oxygen atoms in total. The molecule has 3 heteroatoms. The second kappa shape index (κ2) is 7.42. The fourth-order valence-corrected chi connectivity index (χ4v) is 4.88. The van der Waals surface area contributed by atoms with Gasteiger partial charge in [-0.1, -0.05) is 82.3 Å². The molecule has 1 aliphatic heterocycles. The lowest BCUT2D eigenvalue weighted by Gasteiger charge is -2.12. The molecule has 1 aliphatic rings. The van der Waals surface area contributed by atoms with Crippen LogP contribution < -0.4 is 0 Å². The third kappa shape index (κ3) is 3.32. The van der Waals surface area contributed by atoms with E-state index in [4.69, 9.17) is 4.99 Å². The van der Waals surface area contributed by atoms with Crippen LogP contribution in [0.15, 0.2) is 110 Å². The molecule has 0 unspecified atom stereocenters. The molecule has 4 aromatic rings. The average Bonchev–Trinajstić information content (AvgIpc) is 2.93. The molecule has 0 radical (unpaired) electrons. The Morgan fingerprint density at radius 3 is 2.25 bits per heavy atom. The Kier molecular flexibility index (Phi) is 4.63. The van der Waals surface area contributed by atoms with E-state index in [-0.39, 0.29) is 0 Å². The average molecular weight is 442 g/mol. The van der Waals surface area contributed by atoms with E-state index in [1.54, 1.807) is 11.8 Å². The highest BCUT2D eigenvalue weighted by atomic mass is 79.9. The van der Waals surface area contributed by atoms with Gasteiger partial charge in [0.15, 0.2) is 0 Å². The molecule has 0 fully saturated rings. The summed E-state index contributed by atoms with van der Waals surface area (Å²) in [5.74, 6) is 0. The van der Waals surface area contributed by atoms with Crippen molar-refractivity contribution in [3.05, 3.63) is 101 Å². The summed E-state index contributed by atoms with van der Waals surface area (Å²) >= 11 is 5.36. The number of halogens is 1. The fraction of sp³-hybridized carbons (Fsp3) is 0. The van der Waals surface area contributed by atoms with E-state index in [2.05, 4.69) is 101 Å². The minimum Gasteiger partial charge on any atom is -0.255 e. The maximum atomic E-state index is 4.75. The molecule has 0 amide bonds. The molecule has 0 bridgehead atoms. The lowest BCUT2D eigenvalue weighted by atomic mass is 9.96. The predicted octanol–water partition coefficient (Wildman–Crippen LogP) is 8.00. The molecule has 0 aromatic heterocycles. The molecule has 0 atom stereocenters. The van der Waals surface area contributed by atoms with Crippen molar-refractivity contribution < 1.29 is 0 Å². The van der Waals surface area contributed by atoms with E-state index in [0.717, 1.165) is 10.2 Å². The minimum atomic E-state index is 1.03. The highest BCUT2D eigenvalue weighted by Crippen LogP contribution is 2.41. The largest absolute Gasteiger partial charge is 0.255 e. The smallest absolute Gasteiger partial charge is 0.0769 e. The number of para-hydroxylation sites is 1. The molecule has 134 valence electrons. The van der Waals surface area contributed by atoms with Gasteiger partial charge in [-0.2, -0.15) is 0 Å². The molecule has 0 spiro atoms. The Labute approximate surface area is 177 Å². The molecule has 1 heterocycles. The van der Waals surface area contributed by atoms with Gasteiger partial charge < -0.3 is 0 Å². The molecular formula is C25H16BrNS. The van der Waals surface area contributed by atoms with Crippen LogP contribution in [0.1, 0.15) is 5.56 Å². The quantitative estimate of drug-likeness (QED) is 0.270. The van der Waals surface area contributed by atoms with Crippen molar-refractivity contribution in [2.75, 3.05) is 0 Å². The van der Waals surface area contributed by atoms with Crippen molar-refractivity contribution >= 4 is 39.6 Å². The zero-order valence-corrected chi connectivity index (χ0v) is 17.4. The van der Waals surface area contributed by atoms with E-state index in [0.29, 0.717) is 0 Å². The molecule has 5 rings (SSSR count). The maximum absolute atomic E-state index is 4.75. The Bertz CT molecular complexity index is 1210. The maximum Gasteiger partial charge on any atom is 0.0769 e. The van der Waals surface area contributed by atoms with Crippen LogP contribution in [-0.4, -0.2) is 6.21 Å². The number of hydrogen-bond acceptors (Lipinski definition) is 2. The van der Waals surface area contributed by atoms with Crippen LogP contribution in [0, 0.1) is 0 Å². The summed E-state index contributed by atoms with van der Waals surface area (Å²) in [6.07, 6.45) is 2.01. The summed E-state index contributed by atoms with van der Waals surface area (Å²) < 4.78 is 1.09.